The van der Waals surface area contributed by atoms with Crippen molar-refractivity contribution in [3.8, 4) is 0 Å². The Balaban J connectivity index is 2.20. The highest BCUT2D eigenvalue weighted by molar-refractivity contribution is 6.05. The molecule has 1 unspecified atom stereocenters. The number of hydrogen-bond donors (Lipinski definition) is 0. The number of amides is 2. The Kier molecular flexibility index (Phi) is 6.25. The predicted molar refractivity (Wildman–Crippen MR) is 92.7 cm³/mol. The third-order valence-electron chi connectivity index (χ3n) is 4.76. The summed E-state index contributed by atoms with van der Waals surface area (Å²) in [5.74, 6) is -1.79. The highest BCUT2D eigenvalue weighted by Gasteiger charge is 2.51. The Bertz CT molecular complexity index is 530. The molecule has 0 N–H and O–H groups in total. The maximum Gasteiger partial charge on any atom is 0.417 e. The van der Waals surface area contributed by atoms with Gasteiger partial charge < -0.3 is 9.47 Å². The molecule has 1 saturated heterocycles. The third-order valence-corrected chi connectivity index (χ3v) is 4.76. The van der Waals surface area contributed by atoms with E-state index in [2.05, 4.69) is 6.58 Å². The van der Waals surface area contributed by atoms with Crippen LogP contribution in [0, 0.1) is 11.8 Å². The summed E-state index contributed by atoms with van der Waals surface area (Å²) in [5.41, 5.74) is -0.698. The maximum atomic E-state index is 12.8. The van der Waals surface area contributed by atoms with Gasteiger partial charge in [-0.1, -0.05) is 31.9 Å². The predicted octanol–water partition coefficient (Wildman–Crippen LogP) is 3.45. The van der Waals surface area contributed by atoms with E-state index < -0.39 is 29.5 Å². The average Bonchev–Trinajstić information content (AvgIpc) is 2.89. The molecule has 6 heteroatoms. The molecule has 1 heterocycles. The molecule has 2 rings (SSSR count). The van der Waals surface area contributed by atoms with Gasteiger partial charge in [0.25, 0.3) is 0 Å². The van der Waals surface area contributed by atoms with Gasteiger partial charge in [0.1, 0.15) is 18.1 Å². The van der Waals surface area contributed by atoms with Crippen LogP contribution < -0.4 is 0 Å². The number of likely N-dealkylation sites (tertiary alicyclic amines) is 1. The highest BCUT2D eigenvalue weighted by atomic mass is 16.6. The molecule has 0 aromatic heterocycles. The zero-order valence-electron chi connectivity index (χ0n) is 15.5. The van der Waals surface area contributed by atoms with Crippen LogP contribution in [0.3, 0.4) is 0 Å². The van der Waals surface area contributed by atoms with E-state index in [1.165, 1.54) is 17.4 Å². The zero-order chi connectivity index (χ0) is 18.6. The summed E-state index contributed by atoms with van der Waals surface area (Å²) in [4.78, 5) is 38.8. The molecular formula is C19H29NO5. The van der Waals surface area contributed by atoms with Crippen LogP contribution in [-0.4, -0.2) is 41.1 Å². The van der Waals surface area contributed by atoms with Crippen molar-refractivity contribution in [3.63, 3.8) is 0 Å². The van der Waals surface area contributed by atoms with E-state index in [1.54, 1.807) is 20.8 Å². The normalized spacial score (nSPS) is 24.9. The van der Waals surface area contributed by atoms with Crippen LogP contribution in [0.5, 0.6) is 0 Å². The molecule has 2 fully saturated rings. The summed E-state index contributed by atoms with van der Waals surface area (Å²) >= 11 is 0. The first-order chi connectivity index (χ1) is 11.7. The van der Waals surface area contributed by atoms with Crippen LogP contribution in [0.2, 0.25) is 0 Å². The largest absolute Gasteiger partial charge is 0.461 e. The van der Waals surface area contributed by atoms with E-state index in [-0.39, 0.29) is 18.6 Å². The van der Waals surface area contributed by atoms with E-state index >= 15 is 0 Å². The minimum atomic E-state index is -0.931. The van der Waals surface area contributed by atoms with E-state index in [4.69, 9.17) is 9.47 Å². The fourth-order valence-electron chi connectivity index (χ4n) is 3.68. The summed E-state index contributed by atoms with van der Waals surface area (Å²) in [6.07, 6.45) is 6.39. The molecule has 0 aromatic rings. The monoisotopic (exact) mass is 351 g/mol. The van der Waals surface area contributed by atoms with Gasteiger partial charge in [-0.25, -0.2) is 9.69 Å². The van der Waals surface area contributed by atoms with Crippen LogP contribution >= 0.6 is 0 Å². The fraction of sp³-hybridized carbons (Fsp3) is 0.737. The van der Waals surface area contributed by atoms with Crippen molar-refractivity contribution in [2.75, 3.05) is 6.61 Å². The van der Waals surface area contributed by atoms with Crippen LogP contribution in [0.4, 0.5) is 4.79 Å². The second-order valence-corrected chi connectivity index (χ2v) is 7.86. The zero-order valence-corrected chi connectivity index (χ0v) is 15.5. The molecule has 0 spiro atoms. The van der Waals surface area contributed by atoms with Gasteiger partial charge in [-0.3, -0.25) is 9.59 Å². The molecule has 25 heavy (non-hydrogen) atoms. The molecule has 1 aliphatic heterocycles. The van der Waals surface area contributed by atoms with E-state index in [0.29, 0.717) is 6.42 Å². The second kappa shape index (κ2) is 8.02. The number of carbonyl (C=O) groups excluding carboxylic acids is 3. The molecule has 0 aromatic carbocycles. The van der Waals surface area contributed by atoms with Crippen molar-refractivity contribution in [3.05, 3.63) is 12.7 Å². The molecule has 2 atom stereocenters. The topological polar surface area (TPSA) is 72.9 Å². The van der Waals surface area contributed by atoms with Gasteiger partial charge in [0.2, 0.25) is 5.91 Å². The minimum Gasteiger partial charge on any atom is -0.461 e. The molecule has 2 amide bonds. The summed E-state index contributed by atoms with van der Waals surface area (Å²) < 4.78 is 10.5. The van der Waals surface area contributed by atoms with Crippen molar-refractivity contribution in [2.45, 2.75) is 70.9 Å². The Hall–Kier alpha value is -1.85. The molecule has 6 nitrogen and oxygen atoms in total. The van der Waals surface area contributed by atoms with Crippen molar-refractivity contribution >= 4 is 18.0 Å². The highest BCUT2D eigenvalue weighted by Crippen LogP contribution is 2.38. The van der Waals surface area contributed by atoms with Crippen molar-refractivity contribution in [1.82, 2.24) is 4.90 Å². The molecule has 2 aliphatic rings. The first kappa shape index (κ1) is 19.5. The third kappa shape index (κ3) is 4.83. The van der Waals surface area contributed by atoms with Crippen LogP contribution in [-0.2, 0) is 19.1 Å². The lowest BCUT2D eigenvalue weighted by Crippen LogP contribution is -2.46. The number of rotatable bonds is 4. The van der Waals surface area contributed by atoms with E-state index in [0.717, 1.165) is 25.7 Å². The fourth-order valence-corrected chi connectivity index (χ4v) is 3.68. The number of hydrogen-bond acceptors (Lipinski definition) is 5. The van der Waals surface area contributed by atoms with Gasteiger partial charge in [0.15, 0.2) is 0 Å². The van der Waals surface area contributed by atoms with E-state index in [1.807, 2.05) is 0 Å². The lowest BCUT2D eigenvalue weighted by Gasteiger charge is -2.33. The van der Waals surface area contributed by atoms with Gasteiger partial charge >= 0.3 is 12.1 Å². The summed E-state index contributed by atoms with van der Waals surface area (Å²) in [7, 11) is 0. The van der Waals surface area contributed by atoms with Crippen LogP contribution in [0.15, 0.2) is 12.7 Å². The molecule has 140 valence electrons. The van der Waals surface area contributed by atoms with Gasteiger partial charge in [0, 0.05) is 6.04 Å². The molecule has 0 radical (unpaired) electrons. The summed E-state index contributed by atoms with van der Waals surface area (Å²) in [6, 6.07) is -0.288. The van der Waals surface area contributed by atoms with Gasteiger partial charge in [-0.15, -0.1) is 0 Å². The van der Waals surface area contributed by atoms with Crippen molar-refractivity contribution in [1.29, 1.82) is 0 Å². The molecule has 0 bridgehead atoms. The van der Waals surface area contributed by atoms with Gasteiger partial charge in [0.05, 0.1) is 0 Å². The van der Waals surface area contributed by atoms with Crippen LogP contribution in [0.1, 0.15) is 59.3 Å². The smallest absolute Gasteiger partial charge is 0.417 e. The second-order valence-electron chi connectivity index (χ2n) is 7.86. The first-order valence-corrected chi connectivity index (χ1v) is 9.08. The number of carbonyl (C=O) groups is 3. The summed E-state index contributed by atoms with van der Waals surface area (Å²) in [5, 5.41) is 0. The number of imide groups is 1. The van der Waals surface area contributed by atoms with Crippen LogP contribution in [0.25, 0.3) is 0 Å². The maximum absolute atomic E-state index is 12.8. The van der Waals surface area contributed by atoms with Gasteiger partial charge in [-0.2, -0.15) is 0 Å². The Morgan fingerprint density at radius 3 is 2.44 bits per heavy atom. The first-order valence-electron chi connectivity index (χ1n) is 9.08. The Morgan fingerprint density at radius 1 is 1.24 bits per heavy atom. The number of ether oxygens (including phenoxy) is 2. The Labute approximate surface area is 149 Å². The quantitative estimate of drug-likeness (QED) is 0.441. The molecule has 1 saturated carbocycles. The Morgan fingerprint density at radius 2 is 1.88 bits per heavy atom. The molecular weight excluding hydrogens is 322 g/mol. The SMILES string of the molecule is C=CCOC(=O)C1C[C@H](C2CCCCC2)N(C(=O)OC(C)(C)C)C1=O. The average molecular weight is 351 g/mol. The standard InChI is InChI=1S/C19H29NO5/c1-5-11-24-17(22)14-12-15(13-9-7-6-8-10-13)20(16(14)21)18(23)25-19(2,3)4/h5,13-15H,1,6-12H2,2-4H3/t14?,15-/m1/s1. The number of esters is 1. The van der Waals surface area contributed by atoms with Crippen molar-refractivity contribution < 1.29 is 23.9 Å². The van der Waals surface area contributed by atoms with Gasteiger partial charge in [-0.05, 0) is 46.0 Å². The minimum absolute atomic E-state index is 0.0587. The lowest BCUT2D eigenvalue weighted by molar-refractivity contribution is -0.151. The lowest BCUT2D eigenvalue weighted by atomic mass is 9.82. The van der Waals surface area contributed by atoms with Crippen molar-refractivity contribution in [2.24, 2.45) is 11.8 Å². The van der Waals surface area contributed by atoms with E-state index in [9.17, 15) is 14.4 Å². The molecule has 1 aliphatic carbocycles. The number of nitrogens with zero attached hydrogens (tertiary/aromatic N) is 1. The summed E-state index contributed by atoms with van der Waals surface area (Å²) in [6.45, 7) is 8.84.